The highest BCUT2D eigenvalue weighted by Crippen LogP contribution is 2.28. The fourth-order valence-corrected chi connectivity index (χ4v) is 2.85. The molecule has 0 amide bonds. The van der Waals surface area contributed by atoms with Crippen LogP contribution in [0, 0.1) is 17.8 Å². The average molecular weight is 338 g/mol. The predicted octanol–water partition coefficient (Wildman–Crippen LogP) is 4.67. The molecule has 0 aliphatic heterocycles. The number of unbranched alkanes of at least 4 members (excludes halogenated alkanes) is 5. The second-order valence-electron chi connectivity index (χ2n) is 7.11. The second-order valence-corrected chi connectivity index (χ2v) is 7.11. The van der Waals surface area contributed by atoms with E-state index in [0.29, 0.717) is 32.0 Å². The molecule has 0 N–H and O–H groups in total. The molecule has 138 valence electrons. The largest absolute Gasteiger partial charge is 0.465 e. The molecule has 24 heavy (non-hydrogen) atoms. The van der Waals surface area contributed by atoms with Crippen LogP contribution in [0.4, 0.5) is 0 Å². The van der Waals surface area contributed by atoms with Crippen molar-refractivity contribution in [2.75, 3.05) is 13.2 Å². The molecule has 0 aromatic carbocycles. The predicted molar refractivity (Wildman–Crippen MR) is 95.5 cm³/mol. The van der Waals surface area contributed by atoms with Gasteiger partial charge in [0.05, 0.1) is 25.0 Å². The lowest BCUT2D eigenvalue weighted by molar-refractivity contribution is -0.161. The van der Waals surface area contributed by atoms with Crippen molar-refractivity contribution in [1.82, 2.24) is 0 Å². The first-order chi connectivity index (χ1) is 11.6. The van der Waals surface area contributed by atoms with Crippen LogP contribution < -0.4 is 0 Å². The Balaban J connectivity index is 2.34. The minimum absolute atomic E-state index is 0.251. The topological polar surface area (TPSA) is 52.6 Å². The van der Waals surface area contributed by atoms with Gasteiger partial charge in [0.1, 0.15) is 0 Å². The average Bonchev–Trinajstić information content (AvgIpc) is 2.58. The van der Waals surface area contributed by atoms with Gasteiger partial charge in [-0.3, -0.25) is 9.59 Å². The van der Waals surface area contributed by atoms with Crippen LogP contribution in [0.5, 0.6) is 0 Å². The molecule has 0 bridgehead atoms. The molecule has 0 heterocycles. The van der Waals surface area contributed by atoms with Gasteiger partial charge in [0.25, 0.3) is 0 Å². The van der Waals surface area contributed by atoms with Crippen LogP contribution in [0.25, 0.3) is 0 Å². The number of esters is 2. The zero-order chi connectivity index (χ0) is 17.8. The van der Waals surface area contributed by atoms with E-state index in [0.717, 1.165) is 12.8 Å². The van der Waals surface area contributed by atoms with E-state index in [1.165, 1.54) is 25.7 Å². The van der Waals surface area contributed by atoms with Crippen LogP contribution in [-0.2, 0) is 19.1 Å². The van der Waals surface area contributed by atoms with Crippen molar-refractivity contribution < 1.29 is 19.1 Å². The summed E-state index contributed by atoms with van der Waals surface area (Å²) in [5.41, 5.74) is 0. The van der Waals surface area contributed by atoms with Gasteiger partial charge in [-0.1, -0.05) is 65.0 Å². The third kappa shape index (κ3) is 7.98. The van der Waals surface area contributed by atoms with Gasteiger partial charge in [0.2, 0.25) is 0 Å². The molecule has 0 spiro atoms. The van der Waals surface area contributed by atoms with Crippen LogP contribution in [0.2, 0.25) is 0 Å². The molecule has 4 heteroatoms. The highest BCUT2D eigenvalue weighted by molar-refractivity contribution is 5.82. The van der Waals surface area contributed by atoms with Crippen molar-refractivity contribution in [3.05, 3.63) is 12.2 Å². The Labute approximate surface area is 147 Å². The molecule has 0 saturated heterocycles. The zero-order valence-corrected chi connectivity index (χ0v) is 15.6. The van der Waals surface area contributed by atoms with Gasteiger partial charge in [-0.2, -0.15) is 0 Å². The van der Waals surface area contributed by atoms with Crippen molar-refractivity contribution >= 4 is 11.9 Å². The van der Waals surface area contributed by atoms with Gasteiger partial charge < -0.3 is 9.47 Å². The number of carbonyl (C=O) groups is 2. The van der Waals surface area contributed by atoms with E-state index >= 15 is 0 Å². The molecular formula is C20H34O4. The third-order valence-electron chi connectivity index (χ3n) is 4.34. The van der Waals surface area contributed by atoms with Gasteiger partial charge in [-0.15, -0.1) is 0 Å². The number of hydrogen-bond donors (Lipinski definition) is 0. The first-order valence-corrected chi connectivity index (χ1v) is 9.54. The van der Waals surface area contributed by atoms with Crippen molar-refractivity contribution in [3.63, 3.8) is 0 Å². The molecule has 0 saturated carbocycles. The monoisotopic (exact) mass is 338 g/mol. The second kappa shape index (κ2) is 12.1. The lowest BCUT2D eigenvalue weighted by atomic mass is 9.83. The standard InChI is InChI=1S/C20H34O4/c1-4-5-6-7-8-11-14-23-19(21)17-12-9-10-13-18(17)20(22)24-15-16(2)3/h9-10,16-18H,4-8,11-15H2,1-3H3. The van der Waals surface area contributed by atoms with E-state index in [2.05, 4.69) is 6.92 Å². The van der Waals surface area contributed by atoms with Gasteiger partial charge >= 0.3 is 11.9 Å². The molecule has 1 aliphatic rings. The molecular weight excluding hydrogens is 304 g/mol. The van der Waals surface area contributed by atoms with Crippen molar-refractivity contribution in [2.45, 2.75) is 72.1 Å². The Morgan fingerprint density at radius 1 is 0.917 bits per heavy atom. The summed E-state index contributed by atoms with van der Waals surface area (Å²) in [5.74, 6) is -1.01. The fraction of sp³-hybridized carbons (Fsp3) is 0.800. The Morgan fingerprint density at radius 3 is 2.04 bits per heavy atom. The summed E-state index contributed by atoms with van der Waals surface area (Å²) in [7, 11) is 0. The minimum atomic E-state index is -0.397. The maximum absolute atomic E-state index is 12.3. The maximum atomic E-state index is 12.3. The highest BCUT2D eigenvalue weighted by atomic mass is 16.5. The molecule has 0 aromatic rings. The zero-order valence-electron chi connectivity index (χ0n) is 15.6. The number of rotatable bonds is 11. The summed E-state index contributed by atoms with van der Waals surface area (Å²) in [6.07, 6.45) is 12.0. The molecule has 1 rings (SSSR count). The van der Waals surface area contributed by atoms with Crippen molar-refractivity contribution in [2.24, 2.45) is 17.8 Å². The van der Waals surface area contributed by atoms with E-state index in [1.54, 1.807) is 0 Å². The van der Waals surface area contributed by atoms with E-state index in [1.807, 2.05) is 26.0 Å². The lowest BCUT2D eigenvalue weighted by Crippen LogP contribution is -2.34. The Morgan fingerprint density at radius 2 is 1.46 bits per heavy atom. The first kappa shape index (κ1) is 20.7. The van der Waals surface area contributed by atoms with Crippen molar-refractivity contribution in [3.8, 4) is 0 Å². The SMILES string of the molecule is CCCCCCCCOC(=O)C1CC=CCC1C(=O)OCC(C)C. The van der Waals surface area contributed by atoms with E-state index in [9.17, 15) is 9.59 Å². The van der Waals surface area contributed by atoms with Gasteiger partial charge in [-0.05, 0) is 25.2 Å². The molecule has 0 aromatic heterocycles. The quantitative estimate of drug-likeness (QED) is 0.312. The summed E-state index contributed by atoms with van der Waals surface area (Å²) in [5, 5.41) is 0. The first-order valence-electron chi connectivity index (χ1n) is 9.54. The van der Waals surface area contributed by atoms with Gasteiger partial charge in [0.15, 0.2) is 0 Å². The van der Waals surface area contributed by atoms with Crippen LogP contribution in [-0.4, -0.2) is 25.2 Å². The number of carbonyl (C=O) groups excluding carboxylic acids is 2. The Bertz CT molecular complexity index is 400. The number of hydrogen-bond acceptors (Lipinski definition) is 4. The highest BCUT2D eigenvalue weighted by Gasteiger charge is 2.36. The van der Waals surface area contributed by atoms with E-state index in [4.69, 9.17) is 9.47 Å². The van der Waals surface area contributed by atoms with Crippen molar-refractivity contribution in [1.29, 1.82) is 0 Å². The maximum Gasteiger partial charge on any atom is 0.310 e. The number of ether oxygens (including phenoxy) is 2. The molecule has 0 radical (unpaired) electrons. The molecule has 0 fully saturated rings. The van der Waals surface area contributed by atoms with E-state index in [-0.39, 0.29) is 11.9 Å². The van der Waals surface area contributed by atoms with Crippen LogP contribution in [0.1, 0.15) is 72.1 Å². The van der Waals surface area contributed by atoms with Crippen LogP contribution >= 0.6 is 0 Å². The summed E-state index contributed by atoms with van der Waals surface area (Å²) in [4.78, 5) is 24.6. The molecule has 2 atom stereocenters. The Kier molecular flexibility index (Phi) is 10.4. The van der Waals surface area contributed by atoms with E-state index < -0.39 is 11.8 Å². The third-order valence-corrected chi connectivity index (χ3v) is 4.34. The smallest absolute Gasteiger partial charge is 0.310 e. The molecule has 1 aliphatic carbocycles. The summed E-state index contributed by atoms with van der Waals surface area (Å²) in [6, 6.07) is 0. The van der Waals surface area contributed by atoms with Gasteiger partial charge in [0, 0.05) is 0 Å². The molecule has 2 unspecified atom stereocenters. The van der Waals surface area contributed by atoms with Gasteiger partial charge in [-0.25, -0.2) is 0 Å². The Hall–Kier alpha value is -1.32. The minimum Gasteiger partial charge on any atom is -0.465 e. The number of allylic oxidation sites excluding steroid dienone is 2. The summed E-state index contributed by atoms with van der Waals surface area (Å²) >= 11 is 0. The normalized spacial score (nSPS) is 20.2. The summed E-state index contributed by atoms with van der Waals surface area (Å²) in [6.45, 7) is 7.06. The molecule has 4 nitrogen and oxygen atoms in total. The van der Waals surface area contributed by atoms with Crippen LogP contribution in [0.15, 0.2) is 12.2 Å². The fourth-order valence-electron chi connectivity index (χ4n) is 2.85. The van der Waals surface area contributed by atoms with Crippen LogP contribution in [0.3, 0.4) is 0 Å². The lowest BCUT2D eigenvalue weighted by Gasteiger charge is -2.25. The summed E-state index contributed by atoms with van der Waals surface area (Å²) < 4.78 is 10.7.